The lowest BCUT2D eigenvalue weighted by Crippen LogP contribution is -2.48. The number of nitrogens with zero attached hydrogens (tertiary/aromatic N) is 2. The van der Waals surface area contributed by atoms with Gasteiger partial charge in [0, 0.05) is 37.9 Å². The second-order valence-corrected chi connectivity index (χ2v) is 6.80. The van der Waals surface area contributed by atoms with Crippen LogP contribution in [0.2, 0.25) is 0 Å². The van der Waals surface area contributed by atoms with Crippen molar-refractivity contribution >= 4 is 17.7 Å². The fraction of sp³-hybridized carbons (Fsp3) is 0.348. The van der Waals surface area contributed by atoms with Crippen molar-refractivity contribution in [2.75, 3.05) is 59.5 Å². The SMILES string of the molecule is COc1ccc(N2CCN(C(=O)/C=C/c3cc(OC)c(OC)c(OC)c3)CC2)cc1. The molecule has 30 heavy (non-hydrogen) atoms. The third kappa shape index (κ3) is 4.79. The van der Waals surface area contributed by atoms with E-state index >= 15 is 0 Å². The van der Waals surface area contributed by atoms with Crippen LogP contribution < -0.4 is 23.8 Å². The predicted molar refractivity (Wildman–Crippen MR) is 117 cm³/mol. The zero-order chi connectivity index (χ0) is 21.5. The number of ether oxygens (including phenoxy) is 4. The van der Waals surface area contributed by atoms with Gasteiger partial charge in [-0.1, -0.05) is 0 Å². The number of carbonyl (C=O) groups is 1. The Kier molecular flexibility index (Phi) is 7.06. The van der Waals surface area contributed by atoms with Gasteiger partial charge in [0.05, 0.1) is 28.4 Å². The fourth-order valence-electron chi connectivity index (χ4n) is 3.45. The van der Waals surface area contributed by atoms with Crippen LogP contribution in [0.5, 0.6) is 23.0 Å². The molecule has 2 aromatic rings. The van der Waals surface area contributed by atoms with Gasteiger partial charge in [0.1, 0.15) is 5.75 Å². The monoisotopic (exact) mass is 412 g/mol. The molecule has 160 valence electrons. The van der Waals surface area contributed by atoms with Crippen molar-refractivity contribution in [3.05, 3.63) is 48.0 Å². The highest BCUT2D eigenvalue weighted by Crippen LogP contribution is 2.38. The molecule has 0 saturated carbocycles. The number of methoxy groups -OCH3 is 4. The average Bonchev–Trinajstić information content (AvgIpc) is 2.81. The van der Waals surface area contributed by atoms with Gasteiger partial charge in [-0.15, -0.1) is 0 Å². The lowest BCUT2D eigenvalue weighted by Gasteiger charge is -2.35. The first-order valence-electron chi connectivity index (χ1n) is 9.75. The van der Waals surface area contributed by atoms with Gasteiger partial charge in [0.15, 0.2) is 11.5 Å². The molecule has 3 rings (SSSR count). The van der Waals surface area contributed by atoms with E-state index in [0.717, 1.165) is 30.1 Å². The number of anilines is 1. The first kappa shape index (κ1) is 21.4. The maximum atomic E-state index is 12.6. The van der Waals surface area contributed by atoms with Crippen LogP contribution in [0.3, 0.4) is 0 Å². The molecule has 0 unspecified atom stereocenters. The highest BCUT2D eigenvalue weighted by molar-refractivity contribution is 5.92. The smallest absolute Gasteiger partial charge is 0.246 e. The summed E-state index contributed by atoms with van der Waals surface area (Å²) < 4.78 is 21.3. The largest absolute Gasteiger partial charge is 0.497 e. The topological polar surface area (TPSA) is 60.5 Å². The molecule has 7 nitrogen and oxygen atoms in total. The Labute approximate surface area is 177 Å². The summed E-state index contributed by atoms with van der Waals surface area (Å²) in [4.78, 5) is 16.8. The average molecular weight is 412 g/mol. The van der Waals surface area contributed by atoms with Gasteiger partial charge in [-0.3, -0.25) is 4.79 Å². The quantitative estimate of drug-likeness (QED) is 0.652. The first-order chi connectivity index (χ1) is 14.6. The number of benzene rings is 2. The van der Waals surface area contributed by atoms with Gasteiger partial charge in [0.25, 0.3) is 0 Å². The molecular formula is C23H28N2O5. The molecule has 1 amide bonds. The van der Waals surface area contributed by atoms with E-state index in [1.807, 2.05) is 41.3 Å². The Morgan fingerprint density at radius 3 is 1.93 bits per heavy atom. The van der Waals surface area contributed by atoms with Crippen LogP contribution in [-0.4, -0.2) is 65.4 Å². The van der Waals surface area contributed by atoms with Gasteiger partial charge in [-0.05, 0) is 48.0 Å². The Hall–Kier alpha value is -3.35. The van der Waals surface area contributed by atoms with E-state index in [-0.39, 0.29) is 5.91 Å². The number of rotatable bonds is 7. The molecule has 1 saturated heterocycles. The lowest BCUT2D eigenvalue weighted by atomic mass is 10.1. The van der Waals surface area contributed by atoms with E-state index in [1.54, 1.807) is 40.6 Å². The van der Waals surface area contributed by atoms with E-state index in [1.165, 1.54) is 0 Å². The Morgan fingerprint density at radius 2 is 1.43 bits per heavy atom. The number of piperazine rings is 1. The molecule has 0 atom stereocenters. The van der Waals surface area contributed by atoms with Crippen molar-refractivity contribution in [3.63, 3.8) is 0 Å². The van der Waals surface area contributed by atoms with E-state index in [9.17, 15) is 4.79 Å². The summed E-state index contributed by atoms with van der Waals surface area (Å²) in [6.45, 7) is 2.92. The lowest BCUT2D eigenvalue weighted by molar-refractivity contribution is -0.126. The van der Waals surface area contributed by atoms with E-state index < -0.39 is 0 Å². The molecule has 0 N–H and O–H groups in total. The summed E-state index contributed by atoms with van der Waals surface area (Å²) in [5.74, 6) is 2.45. The van der Waals surface area contributed by atoms with Crippen LogP contribution >= 0.6 is 0 Å². The standard InChI is InChI=1S/C23H28N2O5/c1-27-19-8-6-18(7-9-19)24-11-13-25(14-12-24)22(26)10-5-17-15-20(28-2)23(30-4)21(16-17)29-3/h5-10,15-16H,11-14H2,1-4H3/b10-5+. The maximum absolute atomic E-state index is 12.6. The molecule has 0 bridgehead atoms. The molecule has 1 aliphatic heterocycles. The third-order valence-corrected chi connectivity index (χ3v) is 5.13. The Bertz CT molecular complexity index is 862. The molecule has 1 aliphatic rings. The van der Waals surface area contributed by atoms with Crippen molar-refractivity contribution < 1.29 is 23.7 Å². The molecule has 7 heteroatoms. The minimum absolute atomic E-state index is 0.0156. The summed E-state index contributed by atoms with van der Waals surface area (Å²) in [7, 11) is 6.35. The number of hydrogen-bond donors (Lipinski definition) is 0. The fourth-order valence-corrected chi connectivity index (χ4v) is 3.45. The molecule has 0 aromatic heterocycles. The van der Waals surface area contributed by atoms with Crippen LogP contribution in [0, 0.1) is 0 Å². The number of amides is 1. The molecule has 0 spiro atoms. The van der Waals surface area contributed by atoms with Gasteiger partial charge in [-0.2, -0.15) is 0 Å². The van der Waals surface area contributed by atoms with Crippen molar-refractivity contribution in [2.45, 2.75) is 0 Å². The zero-order valence-corrected chi connectivity index (χ0v) is 17.9. The molecule has 0 aliphatic carbocycles. The van der Waals surface area contributed by atoms with Crippen molar-refractivity contribution in [3.8, 4) is 23.0 Å². The van der Waals surface area contributed by atoms with Crippen molar-refractivity contribution in [1.82, 2.24) is 4.90 Å². The van der Waals surface area contributed by atoms with E-state index in [2.05, 4.69) is 4.90 Å². The first-order valence-corrected chi connectivity index (χ1v) is 9.75. The summed E-state index contributed by atoms with van der Waals surface area (Å²) >= 11 is 0. The second kappa shape index (κ2) is 9.91. The van der Waals surface area contributed by atoms with Gasteiger partial charge >= 0.3 is 0 Å². The summed E-state index contributed by atoms with van der Waals surface area (Å²) in [6, 6.07) is 11.6. The van der Waals surface area contributed by atoms with Gasteiger partial charge in [-0.25, -0.2) is 0 Å². The maximum Gasteiger partial charge on any atom is 0.246 e. The van der Waals surface area contributed by atoms with Gasteiger partial charge in [0.2, 0.25) is 11.7 Å². The minimum Gasteiger partial charge on any atom is -0.497 e. The Morgan fingerprint density at radius 1 is 0.833 bits per heavy atom. The highest BCUT2D eigenvalue weighted by atomic mass is 16.5. The predicted octanol–water partition coefficient (Wildman–Crippen LogP) is 3.08. The number of hydrogen-bond acceptors (Lipinski definition) is 6. The van der Waals surface area contributed by atoms with Crippen LogP contribution in [0.1, 0.15) is 5.56 Å². The normalized spacial score (nSPS) is 14.0. The zero-order valence-electron chi connectivity index (χ0n) is 17.9. The minimum atomic E-state index is -0.0156. The molecule has 2 aromatic carbocycles. The molecule has 0 radical (unpaired) electrons. The summed E-state index contributed by atoms with van der Waals surface area (Å²) in [5, 5.41) is 0. The second-order valence-electron chi connectivity index (χ2n) is 6.80. The van der Waals surface area contributed by atoms with Crippen molar-refractivity contribution in [2.24, 2.45) is 0 Å². The van der Waals surface area contributed by atoms with Crippen LogP contribution in [0.15, 0.2) is 42.5 Å². The number of carbonyl (C=O) groups excluding carboxylic acids is 1. The third-order valence-electron chi connectivity index (χ3n) is 5.13. The summed E-state index contributed by atoms with van der Waals surface area (Å²) in [6.07, 6.45) is 3.35. The molecule has 1 fully saturated rings. The van der Waals surface area contributed by atoms with Crippen LogP contribution in [0.4, 0.5) is 5.69 Å². The van der Waals surface area contributed by atoms with E-state index in [4.69, 9.17) is 18.9 Å². The summed E-state index contributed by atoms with van der Waals surface area (Å²) in [5.41, 5.74) is 1.94. The Balaban J connectivity index is 1.62. The van der Waals surface area contributed by atoms with Crippen LogP contribution in [-0.2, 0) is 4.79 Å². The highest BCUT2D eigenvalue weighted by Gasteiger charge is 2.20. The molecular weight excluding hydrogens is 384 g/mol. The van der Waals surface area contributed by atoms with Crippen molar-refractivity contribution in [1.29, 1.82) is 0 Å². The van der Waals surface area contributed by atoms with Gasteiger partial charge < -0.3 is 28.7 Å². The molecule has 1 heterocycles. The van der Waals surface area contributed by atoms with E-state index in [0.29, 0.717) is 30.3 Å². The van der Waals surface area contributed by atoms with Crippen LogP contribution in [0.25, 0.3) is 6.08 Å².